The van der Waals surface area contributed by atoms with Crippen molar-refractivity contribution in [2.24, 2.45) is 0 Å². The average molecular weight is 328 g/mol. The summed E-state index contributed by atoms with van der Waals surface area (Å²) in [6, 6.07) is 4.29. The Balaban J connectivity index is 2.21. The molecule has 1 aromatic rings. The number of nitrogens with one attached hydrogen (secondary N) is 1. The number of benzene rings is 1. The fourth-order valence-electron chi connectivity index (χ4n) is 2.79. The highest BCUT2D eigenvalue weighted by molar-refractivity contribution is 7.92. The zero-order chi connectivity index (χ0) is 16.3. The summed E-state index contributed by atoms with van der Waals surface area (Å²) in [6.45, 7) is 1.54. The molecule has 1 N–H and O–H groups in total. The lowest BCUT2D eigenvalue weighted by Crippen LogP contribution is -2.49. The summed E-state index contributed by atoms with van der Waals surface area (Å²) in [6.07, 6.45) is 5.04. The van der Waals surface area contributed by atoms with Crippen LogP contribution in [0.2, 0.25) is 0 Å². The molecule has 0 heterocycles. The summed E-state index contributed by atoms with van der Waals surface area (Å²) >= 11 is 0. The predicted molar refractivity (Wildman–Crippen MR) is 83.6 cm³/mol. The molecule has 1 saturated carbocycles. The van der Waals surface area contributed by atoms with Gasteiger partial charge in [-0.25, -0.2) is 12.8 Å². The van der Waals surface area contributed by atoms with Gasteiger partial charge in [-0.1, -0.05) is 12.8 Å². The van der Waals surface area contributed by atoms with Crippen LogP contribution in [0.5, 0.6) is 0 Å². The highest BCUT2D eigenvalue weighted by Gasteiger charge is 2.30. The molecule has 0 spiro atoms. The number of hydrogen-bond acceptors (Lipinski definition) is 3. The average Bonchev–Trinajstić information content (AvgIpc) is 2.92. The fraction of sp³-hybridized carbons (Fsp3) is 0.533. The lowest BCUT2D eigenvalue weighted by molar-refractivity contribution is -0.122. The number of halogens is 1. The Morgan fingerprint density at radius 2 is 1.82 bits per heavy atom. The van der Waals surface area contributed by atoms with Gasteiger partial charge in [0.2, 0.25) is 15.9 Å². The molecule has 7 heteroatoms. The summed E-state index contributed by atoms with van der Waals surface area (Å²) in [5.74, 6) is -0.790. The highest BCUT2D eigenvalue weighted by Crippen LogP contribution is 2.22. The topological polar surface area (TPSA) is 66.5 Å². The van der Waals surface area contributed by atoms with E-state index >= 15 is 0 Å². The van der Waals surface area contributed by atoms with Crippen molar-refractivity contribution in [1.82, 2.24) is 5.32 Å². The van der Waals surface area contributed by atoms with Gasteiger partial charge in [-0.05, 0) is 44.0 Å². The molecule has 1 amide bonds. The number of carbonyl (C=O) groups is 1. The van der Waals surface area contributed by atoms with Crippen molar-refractivity contribution < 1.29 is 17.6 Å². The predicted octanol–water partition coefficient (Wildman–Crippen LogP) is 2.04. The Morgan fingerprint density at radius 3 is 2.32 bits per heavy atom. The van der Waals surface area contributed by atoms with Crippen molar-refractivity contribution in [1.29, 1.82) is 0 Å². The molecule has 5 nitrogen and oxygen atoms in total. The summed E-state index contributed by atoms with van der Waals surface area (Å²) in [7, 11) is -3.66. The minimum Gasteiger partial charge on any atom is -0.352 e. The Hall–Kier alpha value is -1.63. The first kappa shape index (κ1) is 16.7. The van der Waals surface area contributed by atoms with Gasteiger partial charge in [0.25, 0.3) is 0 Å². The minimum atomic E-state index is -3.66. The minimum absolute atomic E-state index is 0.115. The zero-order valence-corrected chi connectivity index (χ0v) is 13.6. The van der Waals surface area contributed by atoms with Crippen LogP contribution >= 0.6 is 0 Å². The van der Waals surface area contributed by atoms with E-state index < -0.39 is 21.9 Å². The van der Waals surface area contributed by atoms with E-state index in [-0.39, 0.29) is 17.6 Å². The van der Waals surface area contributed by atoms with Gasteiger partial charge in [0.15, 0.2) is 0 Å². The molecule has 122 valence electrons. The molecule has 1 fully saturated rings. The van der Waals surface area contributed by atoms with Crippen molar-refractivity contribution in [3.05, 3.63) is 30.1 Å². The summed E-state index contributed by atoms with van der Waals surface area (Å²) < 4.78 is 38.2. The standard InChI is InChI=1S/C15H21FN2O3S/c1-11(15(19)17-13-5-3-4-6-13)18(22(2,20)21)14-9-7-12(16)8-10-14/h7-11,13H,3-6H2,1-2H3,(H,17,19)/t11-/m0/s1. The van der Waals surface area contributed by atoms with Crippen LogP contribution in [0, 0.1) is 5.82 Å². The number of nitrogens with zero attached hydrogens (tertiary/aromatic N) is 1. The molecule has 1 aromatic carbocycles. The van der Waals surface area contributed by atoms with Crippen molar-refractivity contribution in [2.75, 3.05) is 10.6 Å². The van der Waals surface area contributed by atoms with E-state index in [2.05, 4.69) is 5.32 Å². The smallest absolute Gasteiger partial charge is 0.243 e. The van der Waals surface area contributed by atoms with Crippen LogP contribution in [-0.4, -0.2) is 32.7 Å². The number of anilines is 1. The van der Waals surface area contributed by atoms with E-state index in [0.29, 0.717) is 0 Å². The monoisotopic (exact) mass is 328 g/mol. The number of amides is 1. The van der Waals surface area contributed by atoms with Crippen LogP contribution in [0.1, 0.15) is 32.6 Å². The first-order chi connectivity index (χ1) is 10.3. The van der Waals surface area contributed by atoms with Crippen molar-refractivity contribution in [3.63, 3.8) is 0 Å². The highest BCUT2D eigenvalue weighted by atomic mass is 32.2. The molecular weight excluding hydrogens is 307 g/mol. The third-order valence-electron chi connectivity index (χ3n) is 3.87. The van der Waals surface area contributed by atoms with Gasteiger partial charge in [0.1, 0.15) is 11.9 Å². The largest absolute Gasteiger partial charge is 0.352 e. The SMILES string of the molecule is C[C@@H](C(=O)NC1CCCC1)N(c1ccc(F)cc1)S(C)(=O)=O. The van der Waals surface area contributed by atoms with Gasteiger partial charge in [-0.15, -0.1) is 0 Å². The van der Waals surface area contributed by atoms with E-state index in [1.807, 2.05) is 0 Å². The van der Waals surface area contributed by atoms with Crippen molar-refractivity contribution >= 4 is 21.6 Å². The van der Waals surface area contributed by atoms with E-state index in [1.165, 1.54) is 31.2 Å². The molecule has 2 rings (SSSR count). The molecule has 0 unspecified atom stereocenters. The summed E-state index contributed by atoms with van der Waals surface area (Å²) in [5, 5.41) is 2.89. The fourth-order valence-corrected chi connectivity index (χ4v) is 3.96. The molecule has 0 aromatic heterocycles. The molecule has 0 radical (unpaired) electrons. The maximum Gasteiger partial charge on any atom is 0.243 e. The molecular formula is C15H21FN2O3S. The van der Waals surface area contributed by atoms with E-state index in [0.717, 1.165) is 36.2 Å². The summed E-state index contributed by atoms with van der Waals surface area (Å²) in [4.78, 5) is 12.3. The van der Waals surface area contributed by atoms with Crippen molar-refractivity contribution in [2.45, 2.75) is 44.7 Å². The Bertz CT molecular complexity index is 625. The molecule has 22 heavy (non-hydrogen) atoms. The third-order valence-corrected chi connectivity index (χ3v) is 5.11. The number of sulfonamides is 1. The molecule has 1 aliphatic carbocycles. The molecule has 0 bridgehead atoms. The number of hydrogen-bond donors (Lipinski definition) is 1. The second-order valence-electron chi connectivity index (χ2n) is 5.70. The van der Waals surface area contributed by atoms with Gasteiger partial charge >= 0.3 is 0 Å². The maximum absolute atomic E-state index is 13.0. The Kier molecular flexibility index (Phi) is 5.05. The van der Waals surface area contributed by atoms with E-state index in [4.69, 9.17) is 0 Å². The van der Waals surface area contributed by atoms with Crippen molar-refractivity contribution in [3.8, 4) is 0 Å². The molecule has 0 aliphatic heterocycles. The van der Waals surface area contributed by atoms with Gasteiger partial charge in [-0.2, -0.15) is 0 Å². The van der Waals surface area contributed by atoms with Crippen LogP contribution in [0.15, 0.2) is 24.3 Å². The van der Waals surface area contributed by atoms with E-state index in [9.17, 15) is 17.6 Å². The summed E-state index contributed by atoms with van der Waals surface area (Å²) in [5.41, 5.74) is 0.276. The van der Waals surface area contributed by atoms with Gasteiger partial charge in [0, 0.05) is 6.04 Å². The van der Waals surface area contributed by atoms with Crippen LogP contribution in [0.25, 0.3) is 0 Å². The molecule has 0 saturated heterocycles. The van der Waals surface area contributed by atoms with Crippen LogP contribution < -0.4 is 9.62 Å². The quantitative estimate of drug-likeness (QED) is 0.899. The van der Waals surface area contributed by atoms with Gasteiger partial charge in [0.05, 0.1) is 11.9 Å². The van der Waals surface area contributed by atoms with Gasteiger partial charge in [-0.3, -0.25) is 9.10 Å². The second kappa shape index (κ2) is 6.64. The second-order valence-corrected chi connectivity index (χ2v) is 7.56. The number of carbonyl (C=O) groups excluding carboxylic acids is 1. The lowest BCUT2D eigenvalue weighted by Gasteiger charge is -2.29. The zero-order valence-electron chi connectivity index (χ0n) is 12.8. The van der Waals surface area contributed by atoms with Crippen LogP contribution in [0.3, 0.4) is 0 Å². The molecule has 1 aliphatic rings. The van der Waals surface area contributed by atoms with Crippen LogP contribution in [0.4, 0.5) is 10.1 Å². The third kappa shape index (κ3) is 3.97. The first-order valence-corrected chi connectivity index (χ1v) is 9.19. The van der Waals surface area contributed by atoms with Gasteiger partial charge < -0.3 is 5.32 Å². The van der Waals surface area contributed by atoms with Crippen LogP contribution in [-0.2, 0) is 14.8 Å². The maximum atomic E-state index is 13.0. The normalized spacial score (nSPS) is 17.2. The van der Waals surface area contributed by atoms with E-state index in [1.54, 1.807) is 0 Å². The molecule has 1 atom stereocenters. The number of rotatable bonds is 5. The Morgan fingerprint density at radius 1 is 1.27 bits per heavy atom. The first-order valence-electron chi connectivity index (χ1n) is 7.34. The Labute approximate surface area is 130 Å². The lowest BCUT2D eigenvalue weighted by atomic mass is 10.2.